The Morgan fingerprint density at radius 2 is 2.04 bits per heavy atom. The number of nitrogens with zero attached hydrogens (tertiary/aromatic N) is 2. The lowest BCUT2D eigenvalue weighted by Crippen LogP contribution is -2.37. The molecule has 2 aliphatic rings. The highest BCUT2D eigenvalue weighted by molar-refractivity contribution is 5.73. The summed E-state index contributed by atoms with van der Waals surface area (Å²) < 4.78 is 10.8. The van der Waals surface area contributed by atoms with Gasteiger partial charge in [-0.1, -0.05) is 12.8 Å². The smallest absolute Gasteiger partial charge is 0.154 e. The van der Waals surface area contributed by atoms with Crippen molar-refractivity contribution >= 4 is 5.82 Å². The molecule has 4 rings (SSSR count). The van der Waals surface area contributed by atoms with Crippen LogP contribution in [0.1, 0.15) is 36.8 Å². The first-order valence-corrected chi connectivity index (χ1v) is 9.45. The molecule has 7 nitrogen and oxygen atoms in total. The third kappa shape index (κ3) is 3.57. The van der Waals surface area contributed by atoms with Gasteiger partial charge in [0.2, 0.25) is 0 Å². The lowest BCUT2D eigenvalue weighted by atomic mass is 9.92. The van der Waals surface area contributed by atoms with Gasteiger partial charge in [0.1, 0.15) is 17.2 Å². The first-order chi connectivity index (χ1) is 13.2. The normalized spacial score (nSPS) is 22.1. The Morgan fingerprint density at radius 1 is 1.19 bits per heavy atom. The second kappa shape index (κ2) is 7.70. The Balaban J connectivity index is 1.71. The molecule has 1 aromatic heterocycles. The van der Waals surface area contributed by atoms with Gasteiger partial charge in [-0.3, -0.25) is 0 Å². The topological polar surface area (TPSA) is 96.7 Å². The molecule has 144 valence electrons. The summed E-state index contributed by atoms with van der Waals surface area (Å²) in [4.78, 5) is 0. The summed E-state index contributed by atoms with van der Waals surface area (Å²) in [6, 6.07) is 5.16. The molecule has 1 aromatic carbocycles. The van der Waals surface area contributed by atoms with Crippen LogP contribution in [0.4, 0.5) is 5.82 Å². The Labute approximate surface area is 158 Å². The molecule has 0 bridgehead atoms. The number of ether oxygens (including phenoxy) is 2. The number of phenols is 1. The molecule has 1 aliphatic carbocycles. The van der Waals surface area contributed by atoms with Crippen molar-refractivity contribution in [3.05, 3.63) is 29.3 Å². The molecule has 0 unspecified atom stereocenters. The second-order valence-corrected chi connectivity index (χ2v) is 7.14. The van der Waals surface area contributed by atoms with Crippen molar-refractivity contribution in [3.8, 4) is 22.8 Å². The molecule has 0 spiro atoms. The molecule has 0 saturated heterocycles. The lowest BCUT2D eigenvalue weighted by Gasteiger charge is -2.30. The number of aliphatic hydroxyl groups excluding tert-OH is 1. The molecule has 2 heterocycles. The zero-order chi connectivity index (χ0) is 18.8. The molecule has 1 aliphatic heterocycles. The van der Waals surface area contributed by atoms with Gasteiger partial charge in [-0.25, -0.2) is 0 Å². The molecule has 0 amide bonds. The minimum absolute atomic E-state index is 0.0145. The standard InChI is InChI=1S/C20H25N3O4/c1-26-12-6-7-14(18(25)10-12)19-13-8-9-27-11-15(13)20(23-22-19)21-16-4-2-3-5-17(16)24/h6-7,10,16-17,24-25H,2-5,8-9,11H2,1H3,(H,21,23)/t16-,17-/m1/s1. The van der Waals surface area contributed by atoms with Crippen molar-refractivity contribution in [1.82, 2.24) is 10.2 Å². The number of aromatic hydroxyl groups is 1. The van der Waals surface area contributed by atoms with Gasteiger partial charge in [-0.2, -0.15) is 0 Å². The van der Waals surface area contributed by atoms with E-state index in [0.717, 1.165) is 36.8 Å². The average Bonchev–Trinajstić information content (AvgIpc) is 2.70. The largest absolute Gasteiger partial charge is 0.507 e. The van der Waals surface area contributed by atoms with Gasteiger partial charge in [0.15, 0.2) is 5.82 Å². The summed E-state index contributed by atoms with van der Waals surface area (Å²) in [5.74, 6) is 1.37. The van der Waals surface area contributed by atoms with Gasteiger partial charge in [-0.15, -0.1) is 10.2 Å². The van der Waals surface area contributed by atoms with Crippen LogP contribution in [0.3, 0.4) is 0 Å². The summed E-state index contributed by atoms with van der Waals surface area (Å²) in [5.41, 5.74) is 3.29. The van der Waals surface area contributed by atoms with E-state index in [1.54, 1.807) is 25.3 Å². The number of fused-ring (bicyclic) bond motifs is 1. The van der Waals surface area contributed by atoms with Crippen molar-refractivity contribution in [3.63, 3.8) is 0 Å². The van der Waals surface area contributed by atoms with Crippen molar-refractivity contribution in [1.29, 1.82) is 0 Å². The molecule has 27 heavy (non-hydrogen) atoms. The number of nitrogens with one attached hydrogen (secondary N) is 1. The summed E-state index contributed by atoms with van der Waals surface area (Å²) in [5, 5.41) is 32.9. The van der Waals surface area contributed by atoms with Crippen molar-refractivity contribution in [2.45, 2.75) is 50.9 Å². The minimum atomic E-state index is -0.369. The highest BCUT2D eigenvalue weighted by Gasteiger charge is 2.27. The van der Waals surface area contributed by atoms with E-state index in [2.05, 4.69) is 15.5 Å². The van der Waals surface area contributed by atoms with Gasteiger partial charge in [0.25, 0.3) is 0 Å². The number of hydrogen-bond acceptors (Lipinski definition) is 7. The molecule has 0 radical (unpaired) electrons. The number of hydrogen-bond donors (Lipinski definition) is 3. The predicted octanol–water partition coefficient (Wildman–Crippen LogP) is 2.65. The summed E-state index contributed by atoms with van der Waals surface area (Å²) in [6.45, 7) is 1.05. The molecule has 3 N–H and O–H groups in total. The molecule has 2 atom stereocenters. The van der Waals surface area contributed by atoms with Gasteiger partial charge < -0.3 is 25.0 Å². The molecule has 1 fully saturated rings. The number of methoxy groups -OCH3 is 1. The van der Waals surface area contributed by atoms with Crippen LogP contribution in [0.25, 0.3) is 11.3 Å². The summed E-state index contributed by atoms with van der Waals surface area (Å²) >= 11 is 0. The monoisotopic (exact) mass is 371 g/mol. The van der Waals surface area contributed by atoms with E-state index in [0.29, 0.717) is 42.5 Å². The van der Waals surface area contributed by atoms with E-state index in [4.69, 9.17) is 9.47 Å². The maximum absolute atomic E-state index is 10.4. The number of benzene rings is 1. The number of rotatable bonds is 4. The van der Waals surface area contributed by atoms with Gasteiger partial charge in [0.05, 0.1) is 32.5 Å². The van der Waals surface area contributed by atoms with Gasteiger partial charge >= 0.3 is 0 Å². The SMILES string of the molecule is COc1ccc(-c2nnc(N[C@@H]3CCCC[C@H]3O)c3c2CCOC3)c(O)c1. The molecule has 1 saturated carbocycles. The second-order valence-electron chi connectivity index (χ2n) is 7.14. The van der Waals surface area contributed by atoms with E-state index >= 15 is 0 Å². The van der Waals surface area contributed by atoms with Gasteiger partial charge in [0, 0.05) is 17.2 Å². The quantitative estimate of drug-likeness (QED) is 0.760. The van der Waals surface area contributed by atoms with E-state index in [-0.39, 0.29) is 17.9 Å². The number of aliphatic hydroxyl groups is 1. The number of phenolic OH excluding ortho intramolecular Hbond substituents is 1. The first kappa shape index (κ1) is 18.0. The maximum Gasteiger partial charge on any atom is 0.154 e. The zero-order valence-electron chi connectivity index (χ0n) is 15.4. The fourth-order valence-corrected chi connectivity index (χ4v) is 3.91. The van der Waals surface area contributed by atoms with E-state index in [1.807, 2.05) is 0 Å². The molecular formula is C20H25N3O4. The third-order valence-electron chi connectivity index (χ3n) is 5.44. The molecular weight excluding hydrogens is 346 g/mol. The lowest BCUT2D eigenvalue weighted by molar-refractivity contribution is 0.108. The number of aromatic nitrogens is 2. The van der Waals surface area contributed by atoms with E-state index in [9.17, 15) is 10.2 Å². The third-order valence-corrected chi connectivity index (χ3v) is 5.44. The van der Waals surface area contributed by atoms with Crippen LogP contribution in [0, 0.1) is 0 Å². The van der Waals surface area contributed by atoms with Crippen LogP contribution >= 0.6 is 0 Å². The Morgan fingerprint density at radius 3 is 2.81 bits per heavy atom. The number of anilines is 1. The molecule has 2 aromatic rings. The summed E-state index contributed by atoms with van der Waals surface area (Å²) in [6.07, 6.45) is 4.21. The van der Waals surface area contributed by atoms with Crippen molar-refractivity contribution < 1.29 is 19.7 Å². The zero-order valence-corrected chi connectivity index (χ0v) is 15.4. The van der Waals surface area contributed by atoms with Crippen LogP contribution in [-0.4, -0.2) is 46.3 Å². The highest BCUT2D eigenvalue weighted by Crippen LogP contribution is 2.37. The van der Waals surface area contributed by atoms with Crippen LogP contribution in [0.2, 0.25) is 0 Å². The van der Waals surface area contributed by atoms with Crippen LogP contribution in [0.15, 0.2) is 18.2 Å². The Hall–Kier alpha value is -2.38. The van der Waals surface area contributed by atoms with Crippen LogP contribution in [-0.2, 0) is 17.8 Å². The molecule has 7 heteroatoms. The minimum Gasteiger partial charge on any atom is -0.507 e. The van der Waals surface area contributed by atoms with Crippen LogP contribution in [0.5, 0.6) is 11.5 Å². The maximum atomic E-state index is 10.4. The van der Waals surface area contributed by atoms with E-state index in [1.165, 1.54) is 0 Å². The summed E-state index contributed by atoms with van der Waals surface area (Å²) in [7, 11) is 1.56. The van der Waals surface area contributed by atoms with E-state index < -0.39 is 0 Å². The Kier molecular flexibility index (Phi) is 5.13. The van der Waals surface area contributed by atoms with Gasteiger partial charge in [-0.05, 0) is 37.0 Å². The highest BCUT2D eigenvalue weighted by atomic mass is 16.5. The first-order valence-electron chi connectivity index (χ1n) is 9.45. The predicted molar refractivity (Wildman–Crippen MR) is 101 cm³/mol. The Bertz CT molecular complexity index is 827. The van der Waals surface area contributed by atoms with Crippen molar-refractivity contribution in [2.24, 2.45) is 0 Å². The van der Waals surface area contributed by atoms with Crippen LogP contribution < -0.4 is 10.1 Å². The fourth-order valence-electron chi connectivity index (χ4n) is 3.91. The average molecular weight is 371 g/mol. The van der Waals surface area contributed by atoms with Crippen molar-refractivity contribution in [2.75, 3.05) is 19.0 Å². The fraction of sp³-hybridized carbons (Fsp3) is 0.500.